The molecule has 10 heteroatoms. The van der Waals surface area contributed by atoms with Crippen LogP contribution >= 0.6 is 24.0 Å². The van der Waals surface area contributed by atoms with Crippen molar-refractivity contribution >= 4 is 40.4 Å². The van der Waals surface area contributed by atoms with Crippen LogP contribution in [0.1, 0.15) is 26.2 Å². The maximum atomic E-state index is 12.1. The Morgan fingerprint density at radius 1 is 1.54 bits per heavy atom. The van der Waals surface area contributed by atoms with E-state index in [1.54, 1.807) is 11.0 Å². The normalized spacial score (nSPS) is 15.2. The van der Waals surface area contributed by atoms with E-state index in [2.05, 4.69) is 10.1 Å². The number of nitrogens with zero attached hydrogens (tertiary/aromatic N) is 4. The van der Waals surface area contributed by atoms with Crippen LogP contribution in [0.25, 0.3) is 0 Å². The molecule has 1 saturated heterocycles. The zero-order valence-electron chi connectivity index (χ0n) is 13.4. The summed E-state index contributed by atoms with van der Waals surface area (Å²) >= 11 is 6.62. The summed E-state index contributed by atoms with van der Waals surface area (Å²) in [7, 11) is 0. The average molecular weight is 372 g/mol. The number of ether oxygens (including phenoxy) is 2. The minimum absolute atomic E-state index is 0.0934. The fourth-order valence-corrected chi connectivity index (χ4v) is 3.66. The zero-order valence-corrected chi connectivity index (χ0v) is 15.1. The summed E-state index contributed by atoms with van der Waals surface area (Å²) in [6.07, 6.45) is 4.19. The summed E-state index contributed by atoms with van der Waals surface area (Å²) in [5, 5.41) is 4.16. The van der Waals surface area contributed by atoms with Gasteiger partial charge in [-0.15, -0.1) is 0 Å². The van der Waals surface area contributed by atoms with Crippen LogP contribution in [0.4, 0.5) is 4.79 Å². The van der Waals surface area contributed by atoms with E-state index in [1.165, 1.54) is 18.1 Å². The molecule has 8 nitrogen and oxygen atoms in total. The van der Waals surface area contributed by atoms with Gasteiger partial charge in [-0.1, -0.05) is 11.8 Å². The molecule has 1 fully saturated rings. The van der Waals surface area contributed by atoms with Crippen molar-refractivity contribution in [3.05, 3.63) is 12.7 Å². The lowest BCUT2D eigenvalue weighted by Crippen LogP contribution is -2.32. The lowest BCUT2D eigenvalue weighted by molar-refractivity contribution is -0.127. The minimum Gasteiger partial charge on any atom is -0.479 e. The Morgan fingerprint density at radius 3 is 3.00 bits per heavy atom. The number of carbonyl (C=O) groups is 2. The van der Waals surface area contributed by atoms with Gasteiger partial charge in [0, 0.05) is 18.2 Å². The second-order valence-corrected chi connectivity index (χ2v) is 6.97. The van der Waals surface area contributed by atoms with Crippen LogP contribution in [0.3, 0.4) is 0 Å². The molecule has 0 spiro atoms. The summed E-state index contributed by atoms with van der Waals surface area (Å²) in [5.41, 5.74) is 0. The third kappa shape index (κ3) is 5.75. The highest BCUT2D eigenvalue weighted by atomic mass is 32.2. The molecule has 0 bridgehead atoms. The predicted octanol–water partition coefficient (Wildman–Crippen LogP) is 1.85. The Kier molecular flexibility index (Phi) is 7.44. The number of aryl methyl sites for hydroxylation is 1. The molecular weight excluding hydrogens is 352 g/mol. The second-order valence-electron chi connectivity index (χ2n) is 5.07. The van der Waals surface area contributed by atoms with Crippen LogP contribution in [0.15, 0.2) is 12.7 Å². The highest BCUT2D eigenvalue weighted by molar-refractivity contribution is 8.23. The van der Waals surface area contributed by atoms with Crippen LogP contribution in [-0.2, 0) is 20.8 Å². The van der Waals surface area contributed by atoms with Gasteiger partial charge in [-0.25, -0.2) is 14.7 Å². The van der Waals surface area contributed by atoms with Crippen molar-refractivity contribution in [2.24, 2.45) is 0 Å². The number of hydrogen-bond acceptors (Lipinski definition) is 8. The molecule has 1 aliphatic heterocycles. The highest BCUT2D eigenvalue weighted by Crippen LogP contribution is 2.24. The first-order valence-electron chi connectivity index (χ1n) is 7.73. The molecule has 2 rings (SSSR count). The van der Waals surface area contributed by atoms with E-state index in [4.69, 9.17) is 21.7 Å². The SMILES string of the molecule is CCOC(=S)SC(CCC(=O)N1CCOC1=O)CCn1cncn1. The molecule has 1 aromatic heterocycles. The van der Waals surface area contributed by atoms with E-state index in [-0.39, 0.29) is 24.2 Å². The van der Waals surface area contributed by atoms with Gasteiger partial charge in [0.2, 0.25) is 10.3 Å². The van der Waals surface area contributed by atoms with E-state index in [0.717, 1.165) is 11.3 Å². The first-order valence-corrected chi connectivity index (χ1v) is 9.02. The molecule has 2 heterocycles. The number of thiocarbonyl (C=S) groups is 1. The van der Waals surface area contributed by atoms with Gasteiger partial charge in [0.25, 0.3) is 0 Å². The van der Waals surface area contributed by atoms with Gasteiger partial charge < -0.3 is 9.47 Å². The fraction of sp³-hybridized carbons (Fsp3) is 0.643. The van der Waals surface area contributed by atoms with Crippen molar-refractivity contribution < 1.29 is 19.1 Å². The van der Waals surface area contributed by atoms with Gasteiger partial charge in [0.1, 0.15) is 19.3 Å². The Morgan fingerprint density at radius 2 is 2.38 bits per heavy atom. The Bertz CT molecular complexity index is 567. The average Bonchev–Trinajstić information content (AvgIpc) is 3.21. The van der Waals surface area contributed by atoms with Crippen LogP contribution in [0, 0.1) is 0 Å². The fourth-order valence-electron chi connectivity index (χ4n) is 2.21. The van der Waals surface area contributed by atoms with Gasteiger partial charge >= 0.3 is 6.09 Å². The summed E-state index contributed by atoms with van der Waals surface area (Å²) < 4.78 is 12.3. The van der Waals surface area contributed by atoms with E-state index < -0.39 is 6.09 Å². The number of amides is 2. The maximum absolute atomic E-state index is 12.1. The molecule has 0 saturated carbocycles. The lowest BCUT2D eigenvalue weighted by Gasteiger charge is -2.18. The smallest absolute Gasteiger partial charge is 0.416 e. The molecule has 1 aromatic rings. The van der Waals surface area contributed by atoms with E-state index >= 15 is 0 Å². The van der Waals surface area contributed by atoms with Gasteiger partial charge in [-0.3, -0.25) is 9.48 Å². The van der Waals surface area contributed by atoms with Crippen LogP contribution in [-0.4, -0.2) is 61.1 Å². The van der Waals surface area contributed by atoms with Crippen molar-refractivity contribution in [3.8, 4) is 0 Å². The van der Waals surface area contributed by atoms with Crippen molar-refractivity contribution in [1.82, 2.24) is 19.7 Å². The number of carbonyl (C=O) groups excluding carboxylic acids is 2. The summed E-state index contributed by atoms with van der Waals surface area (Å²) in [6, 6.07) is 0. The van der Waals surface area contributed by atoms with Gasteiger partial charge in [-0.05, 0) is 32.0 Å². The first kappa shape index (κ1) is 18.7. The van der Waals surface area contributed by atoms with Crippen LogP contribution < -0.4 is 0 Å². The van der Waals surface area contributed by atoms with Crippen molar-refractivity contribution in [3.63, 3.8) is 0 Å². The monoisotopic (exact) mass is 372 g/mol. The van der Waals surface area contributed by atoms with Gasteiger partial charge in [-0.2, -0.15) is 5.10 Å². The van der Waals surface area contributed by atoms with E-state index in [9.17, 15) is 9.59 Å². The molecule has 1 unspecified atom stereocenters. The van der Waals surface area contributed by atoms with E-state index in [1.807, 2.05) is 6.92 Å². The van der Waals surface area contributed by atoms with Gasteiger partial charge in [0.05, 0.1) is 13.2 Å². The summed E-state index contributed by atoms with van der Waals surface area (Å²) in [6.45, 7) is 3.65. The van der Waals surface area contributed by atoms with Gasteiger partial charge in [0.15, 0.2) is 0 Å². The third-order valence-corrected chi connectivity index (χ3v) is 4.94. The van der Waals surface area contributed by atoms with Crippen molar-refractivity contribution in [1.29, 1.82) is 0 Å². The van der Waals surface area contributed by atoms with Crippen molar-refractivity contribution in [2.75, 3.05) is 19.8 Å². The molecule has 1 atom stereocenters. The number of cyclic esters (lactones) is 1. The number of imide groups is 1. The zero-order chi connectivity index (χ0) is 17.4. The molecule has 0 N–H and O–H groups in total. The molecule has 0 aliphatic carbocycles. The van der Waals surface area contributed by atoms with Crippen LogP contribution in [0.2, 0.25) is 0 Å². The lowest BCUT2D eigenvalue weighted by atomic mass is 10.1. The Hall–Kier alpha value is -1.68. The number of thioether (sulfide) groups is 1. The third-order valence-electron chi connectivity index (χ3n) is 3.41. The molecular formula is C14H20N4O4S2. The molecule has 2 amide bonds. The maximum Gasteiger partial charge on any atom is 0.416 e. The number of aromatic nitrogens is 3. The molecule has 24 heavy (non-hydrogen) atoms. The summed E-state index contributed by atoms with van der Waals surface area (Å²) in [4.78, 5) is 28.6. The first-order chi connectivity index (χ1) is 11.6. The molecule has 0 radical (unpaired) electrons. The Labute approximate surface area is 149 Å². The number of hydrogen-bond donors (Lipinski definition) is 0. The number of rotatable bonds is 8. The second kappa shape index (κ2) is 9.58. The Balaban J connectivity index is 1.85. The molecule has 132 valence electrons. The predicted molar refractivity (Wildman–Crippen MR) is 92.5 cm³/mol. The quantitative estimate of drug-likeness (QED) is 0.639. The largest absolute Gasteiger partial charge is 0.479 e. The summed E-state index contributed by atoms with van der Waals surface area (Å²) in [5.74, 6) is -0.216. The standard InChI is InChI=1S/C14H20N4O4S2/c1-2-21-14(23)24-11(5-6-17-10-15-9-16-17)3-4-12(19)18-7-8-22-13(18)20/h9-11H,2-8H2,1H3. The van der Waals surface area contributed by atoms with E-state index in [0.29, 0.717) is 30.5 Å². The van der Waals surface area contributed by atoms with Crippen molar-refractivity contribution in [2.45, 2.75) is 38.0 Å². The highest BCUT2D eigenvalue weighted by Gasteiger charge is 2.28. The minimum atomic E-state index is -0.559. The topological polar surface area (TPSA) is 86.5 Å². The molecule has 0 aromatic carbocycles. The van der Waals surface area contributed by atoms with Crippen LogP contribution in [0.5, 0.6) is 0 Å². The molecule has 1 aliphatic rings.